The van der Waals surface area contributed by atoms with Crippen LogP contribution in [0.5, 0.6) is 11.5 Å². The van der Waals surface area contributed by atoms with E-state index in [9.17, 15) is 9.59 Å². The van der Waals surface area contributed by atoms with Crippen LogP contribution in [-0.2, 0) is 0 Å². The summed E-state index contributed by atoms with van der Waals surface area (Å²) in [5.41, 5.74) is 1.29. The molecule has 0 atom stereocenters. The summed E-state index contributed by atoms with van der Waals surface area (Å²) in [4.78, 5) is 24.3. The summed E-state index contributed by atoms with van der Waals surface area (Å²) in [6.07, 6.45) is 0. The lowest BCUT2D eigenvalue weighted by atomic mass is 10.1. The van der Waals surface area contributed by atoms with Crippen molar-refractivity contribution in [2.75, 3.05) is 25.6 Å². The Kier molecular flexibility index (Phi) is 4.14. The monoisotopic (exact) mass is 312 g/mol. The number of para-hydroxylation sites is 1. The summed E-state index contributed by atoms with van der Waals surface area (Å²) in [6, 6.07) is 11.8. The zero-order valence-corrected chi connectivity index (χ0v) is 12.6. The predicted molar refractivity (Wildman–Crippen MR) is 85.2 cm³/mol. The minimum atomic E-state index is -0.321. The Morgan fingerprint density at radius 2 is 1.70 bits per heavy atom. The van der Waals surface area contributed by atoms with Crippen molar-refractivity contribution in [2.45, 2.75) is 0 Å². The summed E-state index contributed by atoms with van der Waals surface area (Å²) >= 11 is 0. The van der Waals surface area contributed by atoms with Crippen molar-refractivity contribution in [1.82, 2.24) is 5.32 Å². The molecule has 0 saturated heterocycles. The number of anilines is 1. The van der Waals surface area contributed by atoms with Gasteiger partial charge < -0.3 is 20.1 Å². The van der Waals surface area contributed by atoms with Gasteiger partial charge in [0.25, 0.3) is 11.8 Å². The Morgan fingerprint density at radius 1 is 0.957 bits per heavy atom. The van der Waals surface area contributed by atoms with Crippen LogP contribution in [0.3, 0.4) is 0 Å². The van der Waals surface area contributed by atoms with Crippen LogP contribution in [0.15, 0.2) is 42.5 Å². The smallest absolute Gasteiger partial charge is 0.255 e. The van der Waals surface area contributed by atoms with Gasteiger partial charge in [-0.2, -0.15) is 0 Å². The number of hydrogen-bond acceptors (Lipinski definition) is 4. The van der Waals surface area contributed by atoms with Crippen molar-refractivity contribution < 1.29 is 19.1 Å². The fourth-order valence-corrected chi connectivity index (χ4v) is 2.30. The third kappa shape index (κ3) is 3.11. The zero-order chi connectivity index (χ0) is 16.2. The van der Waals surface area contributed by atoms with Crippen molar-refractivity contribution in [3.63, 3.8) is 0 Å². The van der Waals surface area contributed by atoms with Gasteiger partial charge in [-0.1, -0.05) is 12.1 Å². The molecule has 6 nitrogen and oxygen atoms in total. The second-order valence-corrected chi connectivity index (χ2v) is 4.94. The molecular formula is C17H16N2O4. The molecule has 0 radical (unpaired) electrons. The molecule has 2 aromatic rings. The van der Waals surface area contributed by atoms with Crippen LogP contribution < -0.4 is 20.1 Å². The number of amides is 2. The Bertz CT molecular complexity index is 758. The van der Waals surface area contributed by atoms with Gasteiger partial charge in [0.05, 0.1) is 11.3 Å². The summed E-state index contributed by atoms with van der Waals surface area (Å²) in [6.45, 7) is 0.954. The first kappa shape index (κ1) is 14.9. The number of hydrogen-bond donors (Lipinski definition) is 2. The lowest BCUT2D eigenvalue weighted by molar-refractivity contribution is 0.0964. The molecule has 118 valence electrons. The largest absolute Gasteiger partial charge is 0.486 e. The second kappa shape index (κ2) is 6.39. The highest BCUT2D eigenvalue weighted by molar-refractivity contribution is 6.09. The molecule has 0 bridgehead atoms. The van der Waals surface area contributed by atoms with E-state index in [1.165, 1.54) is 0 Å². The number of carbonyl (C=O) groups excluding carboxylic acids is 2. The van der Waals surface area contributed by atoms with Crippen LogP contribution in [0, 0.1) is 0 Å². The highest BCUT2D eigenvalue weighted by Gasteiger charge is 2.17. The van der Waals surface area contributed by atoms with Crippen LogP contribution >= 0.6 is 0 Å². The van der Waals surface area contributed by atoms with E-state index in [4.69, 9.17) is 9.47 Å². The minimum Gasteiger partial charge on any atom is -0.486 e. The van der Waals surface area contributed by atoms with Crippen LogP contribution in [-0.4, -0.2) is 32.1 Å². The molecule has 0 unspecified atom stereocenters. The normalized spacial score (nSPS) is 12.4. The highest BCUT2D eigenvalue weighted by Crippen LogP contribution is 2.31. The van der Waals surface area contributed by atoms with Crippen LogP contribution in [0.2, 0.25) is 0 Å². The van der Waals surface area contributed by atoms with E-state index in [2.05, 4.69) is 10.6 Å². The summed E-state index contributed by atoms with van der Waals surface area (Å²) in [5.74, 6) is 0.587. The molecule has 3 rings (SSSR count). The number of rotatable bonds is 3. The van der Waals surface area contributed by atoms with Gasteiger partial charge in [0, 0.05) is 12.6 Å². The fourth-order valence-electron chi connectivity index (χ4n) is 2.30. The molecule has 0 aliphatic carbocycles. The molecule has 0 saturated carbocycles. The summed E-state index contributed by atoms with van der Waals surface area (Å²) < 4.78 is 10.9. The lowest BCUT2D eigenvalue weighted by Crippen LogP contribution is -2.21. The Labute approximate surface area is 133 Å². The van der Waals surface area contributed by atoms with Crippen molar-refractivity contribution in [2.24, 2.45) is 0 Å². The Hall–Kier alpha value is -3.02. The number of fused-ring (bicyclic) bond motifs is 1. The van der Waals surface area contributed by atoms with Crippen molar-refractivity contribution >= 4 is 17.5 Å². The quantitative estimate of drug-likeness (QED) is 0.909. The van der Waals surface area contributed by atoms with Gasteiger partial charge in [-0.05, 0) is 30.3 Å². The van der Waals surface area contributed by atoms with E-state index >= 15 is 0 Å². The van der Waals surface area contributed by atoms with E-state index < -0.39 is 0 Å². The molecule has 0 aromatic heterocycles. The first-order chi connectivity index (χ1) is 11.2. The Morgan fingerprint density at radius 3 is 2.48 bits per heavy atom. The van der Waals surface area contributed by atoms with E-state index in [1.54, 1.807) is 49.5 Å². The average molecular weight is 312 g/mol. The predicted octanol–water partition coefficient (Wildman–Crippen LogP) is 2.07. The van der Waals surface area contributed by atoms with E-state index in [-0.39, 0.29) is 11.8 Å². The molecule has 1 heterocycles. The van der Waals surface area contributed by atoms with E-state index in [0.29, 0.717) is 41.5 Å². The molecule has 0 spiro atoms. The van der Waals surface area contributed by atoms with Crippen LogP contribution in [0.1, 0.15) is 20.7 Å². The SMILES string of the molecule is CNC(=O)c1ccccc1NC(=O)c1ccc2c(c1)OCCO2. The van der Waals surface area contributed by atoms with Gasteiger partial charge in [0.2, 0.25) is 0 Å². The average Bonchev–Trinajstić information content (AvgIpc) is 2.61. The van der Waals surface area contributed by atoms with E-state index in [0.717, 1.165) is 0 Å². The van der Waals surface area contributed by atoms with Crippen molar-refractivity contribution in [3.8, 4) is 11.5 Å². The number of nitrogens with one attached hydrogen (secondary N) is 2. The molecule has 23 heavy (non-hydrogen) atoms. The Balaban J connectivity index is 1.84. The summed E-state index contributed by atoms with van der Waals surface area (Å²) in [5, 5.41) is 5.30. The van der Waals surface area contributed by atoms with Crippen molar-refractivity contribution in [3.05, 3.63) is 53.6 Å². The van der Waals surface area contributed by atoms with Crippen LogP contribution in [0.25, 0.3) is 0 Å². The molecule has 1 aliphatic rings. The molecule has 0 fully saturated rings. The fraction of sp³-hybridized carbons (Fsp3) is 0.176. The number of ether oxygens (including phenoxy) is 2. The topological polar surface area (TPSA) is 76.7 Å². The van der Waals surface area contributed by atoms with Crippen LogP contribution in [0.4, 0.5) is 5.69 Å². The lowest BCUT2D eigenvalue weighted by Gasteiger charge is -2.18. The maximum Gasteiger partial charge on any atom is 0.255 e. The van der Waals surface area contributed by atoms with Gasteiger partial charge in [0.1, 0.15) is 13.2 Å². The van der Waals surface area contributed by atoms with E-state index in [1.807, 2.05) is 0 Å². The molecule has 2 N–H and O–H groups in total. The van der Waals surface area contributed by atoms with Gasteiger partial charge in [0.15, 0.2) is 11.5 Å². The number of carbonyl (C=O) groups is 2. The van der Waals surface area contributed by atoms with Crippen molar-refractivity contribution in [1.29, 1.82) is 0 Å². The highest BCUT2D eigenvalue weighted by atomic mass is 16.6. The van der Waals surface area contributed by atoms with Gasteiger partial charge in [-0.3, -0.25) is 9.59 Å². The maximum absolute atomic E-state index is 12.4. The minimum absolute atomic E-state index is 0.261. The zero-order valence-electron chi connectivity index (χ0n) is 12.6. The molecular weight excluding hydrogens is 296 g/mol. The molecule has 6 heteroatoms. The third-order valence-electron chi connectivity index (χ3n) is 3.45. The first-order valence-corrected chi connectivity index (χ1v) is 7.21. The first-order valence-electron chi connectivity index (χ1n) is 7.21. The molecule has 1 aliphatic heterocycles. The van der Waals surface area contributed by atoms with Gasteiger partial charge >= 0.3 is 0 Å². The standard InChI is InChI=1S/C17H16N2O4/c1-18-17(21)12-4-2-3-5-13(12)19-16(20)11-6-7-14-15(10-11)23-9-8-22-14/h2-7,10H,8-9H2,1H3,(H,18,21)(H,19,20). The second-order valence-electron chi connectivity index (χ2n) is 4.94. The third-order valence-corrected chi connectivity index (χ3v) is 3.45. The summed E-state index contributed by atoms with van der Waals surface area (Å²) in [7, 11) is 1.54. The molecule has 2 amide bonds. The molecule has 2 aromatic carbocycles. The number of benzene rings is 2. The van der Waals surface area contributed by atoms with Gasteiger partial charge in [-0.15, -0.1) is 0 Å². The maximum atomic E-state index is 12.4. The van der Waals surface area contributed by atoms with Gasteiger partial charge in [-0.25, -0.2) is 0 Å².